The third kappa shape index (κ3) is 3.44. The summed E-state index contributed by atoms with van der Waals surface area (Å²) in [5.41, 5.74) is 2.68. The molecular formula is C17H24N2O2. The lowest BCUT2D eigenvalue weighted by atomic mass is 10.00. The van der Waals surface area contributed by atoms with Gasteiger partial charge in [0.15, 0.2) is 0 Å². The maximum absolute atomic E-state index is 12.5. The second-order valence-electron chi connectivity index (χ2n) is 6.29. The van der Waals surface area contributed by atoms with Gasteiger partial charge in [0.1, 0.15) is 0 Å². The second-order valence-corrected chi connectivity index (χ2v) is 6.29. The number of ether oxygens (including phenoxy) is 1. The first-order valence-corrected chi connectivity index (χ1v) is 7.84. The van der Waals surface area contributed by atoms with Crippen molar-refractivity contribution in [3.63, 3.8) is 0 Å². The van der Waals surface area contributed by atoms with E-state index < -0.39 is 0 Å². The first-order chi connectivity index (χ1) is 10.1. The molecule has 1 amide bonds. The Balaban J connectivity index is 1.59. The lowest BCUT2D eigenvalue weighted by molar-refractivity contribution is -0.136. The number of benzene rings is 1. The van der Waals surface area contributed by atoms with Crippen LogP contribution in [0.2, 0.25) is 0 Å². The van der Waals surface area contributed by atoms with Crippen LogP contribution in [0.5, 0.6) is 0 Å². The Bertz CT molecular complexity index is 507. The van der Waals surface area contributed by atoms with Crippen molar-refractivity contribution in [2.24, 2.45) is 0 Å². The molecule has 4 heteroatoms. The zero-order valence-corrected chi connectivity index (χ0v) is 12.9. The maximum Gasteiger partial charge on any atom is 0.237 e. The summed E-state index contributed by atoms with van der Waals surface area (Å²) < 4.78 is 5.72. The number of hydrogen-bond donors (Lipinski definition) is 0. The molecule has 3 rings (SSSR count). The molecule has 0 unspecified atom stereocenters. The Hall–Kier alpha value is -1.39. The number of carbonyl (C=O) groups excluding carboxylic acids is 1. The highest BCUT2D eigenvalue weighted by Gasteiger charge is 2.26. The number of morpholine rings is 1. The predicted octanol–water partition coefficient (Wildman–Crippen LogP) is 1.68. The van der Waals surface area contributed by atoms with Gasteiger partial charge in [0, 0.05) is 26.2 Å². The Morgan fingerprint density at radius 1 is 1.19 bits per heavy atom. The summed E-state index contributed by atoms with van der Waals surface area (Å²) in [5.74, 6) is 0.241. The van der Waals surface area contributed by atoms with Crippen molar-refractivity contribution in [1.82, 2.24) is 9.80 Å². The molecule has 0 aliphatic carbocycles. The van der Waals surface area contributed by atoms with Gasteiger partial charge in [0.2, 0.25) is 5.91 Å². The summed E-state index contributed by atoms with van der Waals surface area (Å²) in [4.78, 5) is 16.7. The van der Waals surface area contributed by atoms with Gasteiger partial charge in [-0.3, -0.25) is 9.69 Å². The molecule has 21 heavy (non-hydrogen) atoms. The van der Waals surface area contributed by atoms with Crippen LogP contribution in [0.3, 0.4) is 0 Å². The van der Waals surface area contributed by atoms with Crippen molar-refractivity contribution in [2.75, 3.05) is 26.2 Å². The Morgan fingerprint density at radius 2 is 1.86 bits per heavy atom. The summed E-state index contributed by atoms with van der Waals surface area (Å²) in [5, 5.41) is 0. The van der Waals surface area contributed by atoms with E-state index in [-0.39, 0.29) is 18.1 Å². The Labute approximate surface area is 126 Å². The van der Waals surface area contributed by atoms with E-state index in [9.17, 15) is 4.79 Å². The minimum Gasteiger partial charge on any atom is -0.373 e. The zero-order chi connectivity index (χ0) is 14.8. The van der Waals surface area contributed by atoms with Crippen molar-refractivity contribution in [2.45, 2.75) is 39.0 Å². The van der Waals surface area contributed by atoms with E-state index in [1.807, 2.05) is 4.90 Å². The highest BCUT2D eigenvalue weighted by molar-refractivity contribution is 5.78. The molecule has 2 aliphatic rings. The zero-order valence-electron chi connectivity index (χ0n) is 12.9. The van der Waals surface area contributed by atoms with Gasteiger partial charge in [0.05, 0.1) is 18.8 Å². The van der Waals surface area contributed by atoms with E-state index >= 15 is 0 Å². The fourth-order valence-electron chi connectivity index (χ4n) is 3.41. The first kappa shape index (κ1) is 14.5. The summed E-state index contributed by atoms with van der Waals surface area (Å²) in [7, 11) is 0. The molecular weight excluding hydrogens is 264 g/mol. The molecule has 0 N–H and O–H groups in total. The van der Waals surface area contributed by atoms with Gasteiger partial charge >= 0.3 is 0 Å². The third-order valence-corrected chi connectivity index (χ3v) is 4.34. The molecule has 1 saturated heterocycles. The molecule has 1 aromatic carbocycles. The lowest BCUT2D eigenvalue weighted by Gasteiger charge is -2.36. The predicted molar refractivity (Wildman–Crippen MR) is 82.0 cm³/mol. The van der Waals surface area contributed by atoms with Crippen LogP contribution < -0.4 is 0 Å². The fourth-order valence-corrected chi connectivity index (χ4v) is 3.41. The number of rotatable bonds is 2. The van der Waals surface area contributed by atoms with Crippen molar-refractivity contribution >= 4 is 5.91 Å². The average molecular weight is 288 g/mol. The monoisotopic (exact) mass is 288 g/mol. The highest BCUT2D eigenvalue weighted by atomic mass is 16.5. The van der Waals surface area contributed by atoms with Crippen LogP contribution in [0.4, 0.5) is 0 Å². The molecule has 1 fully saturated rings. The van der Waals surface area contributed by atoms with Crippen LogP contribution in [0.15, 0.2) is 24.3 Å². The fraction of sp³-hybridized carbons (Fsp3) is 0.588. The van der Waals surface area contributed by atoms with Crippen molar-refractivity contribution < 1.29 is 9.53 Å². The Morgan fingerprint density at radius 3 is 2.57 bits per heavy atom. The van der Waals surface area contributed by atoms with Crippen LogP contribution in [0, 0.1) is 0 Å². The molecule has 114 valence electrons. The minimum absolute atomic E-state index is 0.212. The highest BCUT2D eigenvalue weighted by Crippen LogP contribution is 2.19. The van der Waals surface area contributed by atoms with E-state index in [1.54, 1.807) is 0 Å². The molecule has 0 spiro atoms. The van der Waals surface area contributed by atoms with Gasteiger partial charge in [-0.05, 0) is 31.4 Å². The smallest absolute Gasteiger partial charge is 0.237 e. The number of carbonyl (C=O) groups is 1. The Kier molecular flexibility index (Phi) is 4.27. The van der Waals surface area contributed by atoms with E-state index in [0.717, 1.165) is 32.6 Å². The molecule has 0 aromatic heterocycles. The lowest BCUT2D eigenvalue weighted by Crippen LogP contribution is -2.50. The molecule has 0 radical (unpaired) electrons. The SMILES string of the molecule is C[C@H]1CN(CC(=O)N2CCc3ccccc3C2)C[C@H](C)O1. The van der Waals surface area contributed by atoms with E-state index in [2.05, 4.69) is 43.0 Å². The quantitative estimate of drug-likeness (QED) is 0.830. The standard InChI is InChI=1S/C17H24N2O2/c1-13-9-18(10-14(2)21-13)12-17(20)19-8-7-15-5-3-4-6-16(15)11-19/h3-6,13-14H,7-12H2,1-2H3/t13-,14-/m0/s1. The van der Waals surface area contributed by atoms with Crippen LogP contribution in [-0.2, 0) is 22.5 Å². The summed E-state index contributed by atoms with van der Waals surface area (Å²) >= 11 is 0. The molecule has 0 saturated carbocycles. The molecule has 2 aliphatic heterocycles. The van der Waals surface area contributed by atoms with Crippen LogP contribution in [0.25, 0.3) is 0 Å². The summed E-state index contributed by atoms with van der Waals surface area (Å²) in [6, 6.07) is 8.43. The second kappa shape index (κ2) is 6.16. The van der Waals surface area contributed by atoms with Gasteiger partial charge < -0.3 is 9.64 Å². The van der Waals surface area contributed by atoms with E-state index in [1.165, 1.54) is 11.1 Å². The molecule has 0 bridgehead atoms. The largest absolute Gasteiger partial charge is 0.373 e. The average Bonchev–Trinajstić information content (AvgIpc) is 2.45. The number of hydrogen-bond acceptors (Lipinski definition) is 3. The van der Waals surface area contributed by atoms with Gasteiger partial charge in [-0.2, -0.15) is 0 Å². The van der Waals surface area contributed by atoms with E-state index in [0.29, 0.717) is 6.54 Å². The van der Waals surface area contributed by atoms with Crippen LogP contribution in [-0.4, -0.2) is 54.1 Å². The van der Waals surface area contributed by atoms with Gasteiger partial charge in [-0.1, -0.05) is 24.3 Å². The van der Waals surface area contributed by atoms with E-state index in [4.69, 9.17) is 4.74 Å². The molecule has 2 atom stereocenters. The minimum atomic E-state index is 0.212. The summed E-state index contributed by atoms with van der Waals surface area (Å²) in [6.45, 7) is 7.95. The molecule has 1 aromatic rings. The third-order valence-electron chi connectivity index (χ3n) is 4.34. The first-order valence-electron chi connectivity index (χ1n) is 7.84. The topological polar surface area (TPSA) is 32.8 Å². The van der Waals surface area contributed by atoms with Crippen molar-refractivity contribution in [3.05, 3.63) is 35.4 Å². The molecule has 4 nitrogen and oxygen atoms in total. The van der Waals surface area contributed by atoms with Crippen molar-refractivity contribution in [3.8, 4) is 0 Å². The summed E-state index contributed by atoms with van der Waals surface area (Å²) in [6.07, 6.45) is 1.39. The van der Waals surface area contributed by atoms with Crippen LogP contribution in [0.1, 0.15) is 25.0 Å². The molecule has 2 heterocycles. The van der Waals surface area contributed by atoms with Crippen molar-refractivity contribution in [1.29, 1.82) is 0 Å². The van der Waals surface area contributed by atoms with Gasteiger partial charge in [0.25, 0.3) is 0 Å². The number of nitrogens with zero attached hydrogens (tertiary/aromatic N) is 2. The number of amides is 1. The maximum atomic E-state index is 12.5. The van der Waals surface area contributed by atoms with Gasteiger partial charge in [-0.25, -0.2) is 0 Å². The van der Waals surface area contributed by atoms with Crippen LogP contribution >= 0.6 is 0 Å². The normalized spacial score (nSPS) is 26.5. The number of fused-ring (bicyclic) bond motifs is 1. The van der Waals surface area contributed by atoms with Gasteiger partial charge in [-0.15, -0.1) is 0 Å².